The molecule has 4 nitrogen and oxygen atoms in total. The molecule has 1 saturated heterocycles. The normalized spacial score (nSPS) is 21.5. The highest BCUT2D eigenvalue weighted by atomic mass is 19.3. The van der Waals surface area contributed by atoms with Crippen LogP contribution in [0, 0.1) is 0 Å². The van der Waals surface area contributed by atoms with Gasteiger partial charge in [-0.15, -0.1) is 0 Å². The van der Waals surface area contributed by atoms with Gasteiger partial charge in [0.25, 0.3) is 0 Å². The lowest BCUT2D eigenvalue weighted by Crippen LogP contribution is -2.45. The Morgan fingerprint density at radius 1 is 1.43 bits per heavy atom. The summed E-state index contributed by atoms with van der Waals surface area (Å²) in [6, 6.07) is 6.77. The number of alkyl halides is 2. The Morgan fingerprint density at radius 2 is 2.19 bits per heavy atom. The molecule has 2 rings (SSSR count). The summed E-state index contributed by atoms with van der Waals surface area (Å²) in [4.78, 5) is 2.22. The molecular weight excluding hydrogens is 278 g/mol. The molecule has 0 saturated carbocycles. The molecule has 21 heavy (non-hydrogen) atoms. The summed E-state index contributed by atoms with van der Waals surface area (Å²) in [7, 11) is 2.06. The third-order valence-corrected chi connectivity index (χ3v) is 3.60. The molecule has 0 amide bonds. The van der Waals surface area contributed by atoms with Gasteiger partial charge >= 0.3 is 6.61 Å². The number of hydrogen-bond donors (Lipinski definition) is 1. The van der Waals surface area contributed by atoms with Crippen LogP contribution >= 0.6 is 0 Å². The molecule has 1 aromatic carbocycles. The van der Waals surface area contributed by atoms with Gasteiger partial charge in [0.15, 0.2) is 0 Å². The predicted octanol–water partition coefficient (Wildman–Crippen LogP) is 2.27. The number of likely N-dealkylation sites (N-methyl/N-ethyl adjacent to an activating group) is 1. The Balaban J connectivity index is 1.92. The number of para-hydroxylation sites is 1. The van der Waals surface area contributed by atoms with Crippen LogP contribution in [-0.2, 0) is 4.74 Å². The van der Waals surface area contributed by atoms with Crippen molar-refractivity contribution in [3.05, 3.63) is 29.8 Å². The Kier molecular flexibility index (Phi) is 5.90. The van der Waals surface area contributed by atoms with Crippen molar-refractivity contribution in [1.82, 2.24) is 10.2 Å². The van der Waals surface area contributed by atoms with Crippen LogP contribution in [0.4, 0.5) is 8.78 Å². The van der Waals surface area contributed by atoms with Crippen LogP contribution in [0.5, 0.6) is 5.75 Å². The lowest BCUT2D eigenvalue weighted by atomic mass is 10.1. The fraction of sp³-hybridized carbons (Fsp3) is 0.600. The lowest BCUT2D eigenvalue weighted by molar-refractivity contribution is -0.0508. The van der Waals surface area contributed by atoms with E-state index in [0.29, 0.717) is 6.54 Å². The van der Waals surface area contributed by atoms with E-state index in [9.17, 15) is 8.78 Å². The van der Waals surface area contributed by atoms with Crippen LogP contribution in [0.3, 0.4) is 0 Å². The van der Waals surface area contributed by atoms with Crippen molar-refractivity contribution in [2.75, 3.05) is 33.3 Å². The summed E-state index contributed by atoms with van der Waals surface area (Å²) < 4.78 is 35.1. The maximum Gasteiger partial charge on any atom is 0.387 e. The maximum atomic E-state index is 12.4. The zero-order valence-electron chi connectivity index (χ0n) is 12.4. The number of nitrogens with one attached hydrogen (secondary N) is 1. The number of hydrogen-bond acceptors (Lipinski definition) is 4. The quantitative estimate of drug-likeness (QED) is 0.874. The van der Waals surface area contributed by atoms with Crippen LogP contribution in [0.25, 0.3) is 0 Å². The molecule has 2 unspecified atom stereocenters. The summed E-state index contributed by atoms with van der Waals surface area (Å²) in [5.74, 6) is 0.217. The number of morpholine rings is 1. The van der Waals surface area contributed by atoms with Gasteiger partial charge in [0.2, 0.25) is 0 Å². The first-order valence-electron chi connectivity index (χ1n) is 7.13. The minimum atomic E-state index is -2.81. The molecule has 1 N–H and O–H groups in total. The summed E-state index contributed by atoms with van der Waals surface area (Å²) in [6.07, 6.45) is 0.120. The van der Waals surface area contributed by atoms with Crippen molar-refractivity contribution in [1.29, 1.82) is 0 Å². The number of benzene rings is 1. The van der Waals surface area contributed by atoms with E-state index in [1.54, 1.807) is 18.2 Å². The number of rotatable bonds is 6. The maximum absolute atomic E-state index is 12.4. The average molecular weight is 300 g/mol. The molecule has 1 aliphatic heterocycles. The highest BCUT2D eigenvalue weighted by Crippen LogP contribution is 2.26. The van der Waals surface area contributed by atoms with Gasteiger partial charge in [-0.05, 0) is 20.0 Å². The second-order valence-electron chi connectivity index (χ2n) is 5.30. The average Bonchev–Trinajstić information content (AvgIpc) is 2.45. The molecule has 0 radical (unpaired) electrons. The fourth-order valence-corrected chi connectivity index (χ4v) is 2.45. The number of nitrogens with zero attached hydrogens (tertiary/aromatic N) is 1. The van der Waals surface area contributed by atoms with Crippen LogP contribution in [0.15, 0.2) is 24.3 Å². The molecule has 0 spiro atoms. The summed E-state index contributed by atoms with van der Waals surface area (Å²) >= 11 is 0. The summed E-state index contributed by atoms with van der Waals surface area (Å²) in [6.45, 7) is 2.33. The molecular formula is C15H22F2N2O2. The van der Waals surface area contributed by atoms with E-state index >= 15 is 0 Å². The van der Waals surface area contributed by atoms with Gasteiger partial charge in [-0.25, -0.2) is 0 Å². The van der Waals surface area contributed by atoms with E-state index in [0.717, 1.165) is 25.3 Å². The van der Waals surface area contributed by atoms with Gasteiger partial charge in [0.05, 0.1) is 12.7 Å². The monoisotopic (exact) mass is 300 g/mol. The van der Waals surface area contributed by atoms with Crippen molar-refractivity contribution >= 4 is 0 Å². The summed E-state index contributed by atoms with van der Waals surface area (Å²) in [5.41, 5.74) is 0.724. The molecule has 118 valence electrons. The van der Waals surface area contributed by atoms with Crippen molar-refractivity contribution in [3.8, 4) is 5.75 Å². The lowest BCUT2D eigenvalue weighted by Gasteiger charge is -2.31. The molecule has 0 bridgehead atoms. The third-order valence-electron chi connectivity index (χ3n) is 3.60. The topological polar surface area (TPSA) is 33.7 Å². The number of ether oxygens (including phenoxy) is 2. The summed E-state index contributed by atoms with van der Waals surface area (Å²) in [5, 5.41) is 3.33. The van der Waals surface area contributed by atoms with E-state index in [-0.39, 0.29) is 17.9 Å². The smallest absolute Gasteiger partial charge is 0.387 e. The van der Waals surface area contributed by atoms with Gasteiger partial charge in [0.1, 0.15) is 5.75 Å². The highest BCUT2D eigenvalue weighted by Gasteiger charge is 2.19. The highest BCUT2D eigenvalue weighted by molar-refractivity contribution is 5.35. The first kappa shape index (κ1) is 16.1. The molecule has 1 heterocycles. The van der Waals surface area contributed by atoms with Gasteiger partial charge in [-0.2, -0.15) is 8.78 Å². The van der Waals surface area contributed by atoms with E-state index in [1.807, 2.05) is 13.0 Å². The third kappa shape index (κ3) is 4.91. The Bertz CT molecular complexity index is 445. The molecule has 2 atom stereocenters. The van der Waals surface area contributed by atoms with E-state index < -0.39 is 6.61 Å². The minimum absolute atomic E-state index is 0.0872. The zero-order chi connectivity index (χ0) is 15.2. The van der Waals surface area contributed by atoms with Gasteiger partial charge in [-0.3, -0.25) is 0 Å². The van der Waals surface area contributed by atoms with Crippen molar-refractivity contribution < 1.29 is 18.3 Å². The molecule has 6 heteroatoms. The molecule has 0 aromatic heterocycles. The van der Waals surface area contributed by atoms with Crippen LogP contribution in [-0.4, -0.2) is 50.9 Å². The molecule has 1 fully saturated rings. The van der Waals surface area contributed by atoms with Crippen LogP contribution in [0.2, 0.25) is 0 Å². The van der Waals surface area contributed by atoms with Gasteiger partial charge in [-0.1, -0.05) is 18.2 Å². The van der Waals surface area contributed by atoms with Crippen molar-refractivity contribution in [3.63, 3.8) is 0 Å². The molecule has 1 aliphatic rings. The van der Waals surface area contributed by atoms with Gasteiger partial charge < -0.3 is 19.7 Å². The van der Waals surface area contributed by atoms with E-state index in [4.69, 9.17) is 4.74 Å². The SMILES string of the molecule is CC(NCC1CN(C)CCO1)c1ccccc1OC(F)F. The second kappa shape index (κ2) is 7.68. The zero-order valence-corrected chi connectivity index (χ0v) is 12.4. The van der Waals surface area contributed by atoms with Crippen molar-refractivity contribution in [2.45, 2.75) is 25.7 Å². The Morgan fingerprint density at radius 3 is 2.90 bits per heavy atom. The largest absolute Gasteiger partial charge is 0.434 e. The first-order chi connectivity index (χ1) is 10.1. The first-order valence-corrected chi connectivity index (χ1v) is 7.13. The number of halogens is 2. The van der Waals surface area contributed by atoms with E-state index in [2.05, 4.69) is 22.0 Å². The second-order valence-corrected chi connectivity index (χ2v) is 5.30. The molecule has 1 aromatic rings. The molecule has 0 aliphatic carbocycles. The van der Waals surface area contributed by atoms with Crippen molar-refractivity contribution in [2.24, 2.45) is 0 Å². The van der Waals surface area contributed by atoms with Crippen LogP contribution < -0.4 is 10.1 Å². The fourth-order valence-electron chi connectivity index (χ4n) is 2.45. The van der Waals surface area contributed by atoms with E-state index in [1.165, 1.54) is 0 Å². The minimum Gasteiger partial charge on any atom is -0.434 e. The standard InChI is InChI=1S/C15H22F2N2O2/c1-11(18-9-12-10-19(2)7-8-20-12)13-5-3-4-6-14(13)21-15(16)17/h3-6,11-12,15,18H,7-10H2,1-2H3. The predicted molar refractivity (Wildman–Crippen MR) is 76.7 cm³/mol. The van der Waals surface area contributed by atoms with Gasteiger partial charge in [0, 0.05) is 31.2 Å². The Hall–Kier alpha value is -1.24. The van der Waals surface area contributed by atoms with Crippen LogP contribution in [0.1, 0.15) is 18.5 Å². The Labute approximate surface area is 124 Å².